The molecule has 0 radical (unpaired) electrons. The van der Waals surface area contributed by atoms with Gasteiger partial charge in [-0.2, -0.15) is 0 Å². The van der Waals surface area contributed by atoms with Crippen LogP contribution in [0.4, 0.5) is 5.69 Å². The largest absolute Gasteiger partial charge is 0.494 e. The van der Waals surface area contributed by atoms with E-state index in [2.05, 4.69) is 0 Å². The molecule has 1 aromatic rings. The van der Waals surface area contributed by atoms with Gasteiger partial charge in [0.25, 0.3) is 5.91 Å². The van der Waals surface area contributed by atoms with Gasteiger partial charge >= 0.3 is 0 Å². The molecule has 5 heteroatoms. The van der Waals surface area contributed by atoms with Crippen LogP contribution >= 0.6 is 0 Å². The number of rotatable bonds is 5. The third-order valence-corrected chi connectivity index (χ3v) is 3.60. The Balaban J connectivity index is 2.09. The Labute approximate surface area is 119 Å². The normalized spacial score (nSPS) is 18.3. The molecule has 1 aliphatic rings. The van der Waals surface area contributed by atoms with Crippen molar-refractivity contribution in [3.8, 4) is 5.75 Å². The molecule has 1 saturated heterocycles. The van der Waals surface area contributed by atoms with E-state index in [9.17, 15) is 4.79 Å². The molecule has 0 aliphatic carbocycles. The molecule has 1 aromatic carbocycles. The molecule has 0 bridgehead atoms. The number of nitrogens with two attached hydrogens (primary N) is 1. The first-order valence-electron chi connectivity index (χ1n) is 7.07. The van der Waals surface area contributed by atoms with Crippen molar-refractivity contribution in [3.05, 3.63) is 23.8 Å². The first kappa shape index (κ1) is 14.7. The van der Waals surface area contributed by atoms with Crippen molar-refractivity contribution in [2.24, 2.45) is 5.92 Å². The Morgan fingerprint density at radius 1 is 1.50 bits per heavy atom. The number of hydrogen-bond donors (Lipinski definition) is 2. The molecule has 1 heterocycles. The van der Waals surface area contributed by atoms with Gasteiger partial charge in [0, 0.05) is 37.0 Å². The highest BCUT2D eigenvalue weighted by atomic mass is 16.5. The number of amides is 1. The second kappa shape index (κ2) is 6.61. The van der Waals surface area contributed by atoms with Crippen molar-refractivity contribution in [1.29, 1.82) is 0 Å². The van der Waals surface area contributed by atoms with E-state index in [4.69, 9.17) is 15.6 Å². The number of likely N-dealkylation sites (tertiary alicyclic amines) is 1. The van der Waals surface area contributed by atoms with Crippen LogP contribution in [-0.4, -0.2) is 42.2 Å². The van der Waals surface area contributed by atoms with Gasteiger partial charge in [-0.15, -0.1) is 0 Å². The fourth-order valence-electron chi connectivity index (χ4n) is 2.61. The van der Waals surface area contributed by atoms with Crippen LogP contribution in [0.5, 0.6) is 5.75 Å². The number of carbonyl (C=O) groups is 1. The molecule has 0 aromatic heterocycles. The number of ether oxygens (including phenoxy) is 1. The van der Waals surface area contributed by atoms with Gasteiger partial charge in [0.05, 0.1) is 6.61 Å². The average Bonchev–Trinajstić information content (AvgIpc) is 2.86. The number of aliphatic hydroxyl groups is 1. The molecule has 1 atom stereocenters. The predicted octanol–water partition coefficient (Wildman–Crippen LogP) is 1.51. The van der Waals surface area contributed by atoms with E-state index in [1.807, 2.05) is 11.8 Å². The lowest BCUT2D eigenvalue weighted by Crippen LogP contribution is -2.28. The van der Waals surface area contributed by atoms with Gasteiger partial charge < -0.3 is 20.5 Å². The standard InChI is InChI=1S/C15H22N2O3/c1-2-20-14-8-12(7-13(16)9-14)15(19)17-5-3-11(10-17)4-6-18/h7-9,11,18H,2-6,10,16H2,1H3. The third-order valence-electron chi connectivity index (χ3n) is 3.60. The van der Waals surface area contributed by atoms with Crippen molar-refractivity contribution >= 4 is 11.6 Å². The summed E-state index contributed by atoms with van der Waals surface area (Å²) in [4.78, 5) is 14.3. The maximum Gasteiger partial charge on any atom is 0.254 e. The molecule has 1 amide bonds. The minimum atomic E-state index is -0.0151. The minimum Gasteiger partial charge on any atom is -0.494 e. The highest BCUT2D eigenvalue weighted by Gasteiger charge is 2.26. The Bertz CT molecular complexity index is 476. The van der Waals surface area contributed by atoms with Gasteiger partial charge in [0.15, 0.2) is 0 Å². The Hall–Kier alpha value is -1.75. The summed E-state index contributed by atoms with van der Waals surface area (Å²) < 4.78 is 5.42. The molecule has 5 nitrogen and oxygen atoms in total. The zero-order chi connectivity index (χ0) is 14.5. The summed E-state index contributed by atoms with van der Waals surface area (Å²) in [7, 11) is 0. The van der Waals surface area contributed by atoms with E-state index in [-0.39, 0.29) is 12.5 Å². The lowest BCUT2D eigenvalue weighted by atomic mass is 10.1. The van der Waals surface area contributed by atoms with Crippen LogP contribution in [-0.2, 0) is 0 Å². The molecule has 2 rings (SSSR count). The second-order valence-corrected chi connectivity index (χ2v) is 5.14. The van der Waals surface area contributed by atoms with Crippen LogP contribution in [0.3, 0.4) is 0 Å². The van der Waals surface area contributed by atoms with Crippen molar-refractivity contribution in [2.75, 3.05) is 32.0 Å². The lowest BCUT2D eigenvalue weighted by molar-refractivity contribution is 0.0784. The lowest BCUT2D eigenvalue weighted by Gasteiger charge is -2.17. The van der Waals surface area contributed by atoms with Crippen molar-refractivity contribution < 1.29 is 14.6 Å². The highest BCUT2D eigenvalue weighted by molar-refractivity contribution is 5.95. The van der Waals surface area contributed by atoms with Gasteiger partial charge in [0.1, 0.15) is 5.75 Å². The van der Waals surface area contributed by atoms with E-state index in [0.29, 0.717) is 36.1 Å². The Kier molecular flexibility index (Phi) is 4.84. The fourth-order valence-corrected chi connectivity index (χ4v) is 2.61. The molecular formula is C15H22N2O3. The second-order valence-electron chi connectivity index (χ2n) is 5.14. The van der Waals surface area contributed by atoms with Gasteiger partial charge in [-0.3, -0.25) is 4.79 Å². The number of benzene rings is 1. The van der Waals surface area contributed by atoms with Crippen molar-refractivity contribution in [2.45, 2.75) is 19.8 Å². The topological polar surface area (TPSA) is 75.8 Å². The van der Waals surface area contributed by atoms with Crippen LogP contribution in [0.2, 0.25) is 0 Å². The van der Waals surface area contributed by atoms with Crippen LogP contribution in [0.1, 0.15) is 30.1 Å². The third kappa shape index (κ3) is 3.42. The number of nitrogen functional groups attached to an aromatic ring is 1. The molecule has 0 spiro atoms. The summed E-state index contributed by atoms with van der Waals surface area (Å²) in [5.41, 5.74) is 6.92. The van der Waals surface area contributed by atoms with Gasteiger partial charge in [-0.1, -0.05) is 0 Å². The summed E-state index contributed by atoms with van der Waals surface area (Å²) in [6, 6.07) is 5.14. The summed E-state index contributed by atoms with van der Waals surface area (Å²) >= 11 is 0. The van der Waals surface area contributed by atoms with Crippen LogP contribution in [0, 0.1) is 5.92 Å². The summed E-state index contributed by atoms with van der Waals surface area (Å²) in [5.74, 6) is 1.01. The van der Waals surface area contributed by atoms with Gasteiger partial charge in [0.2, 0.25) is 0 Å². The first-order chi connectivity index (χ1) is 9.63. The van der Waals surface area contributed by atoms with Crippen molar-refractivity contribution in [3.63, 3.8) is 0 Å². The first-order valence-corrected chi connectivity index (χ1v) is 7.07. The van der Waals surface area contributed by atoms with Crippen LogP contribution in [0.15, 0.2) is 18.2 Å². The molecular weight excluding hydrogens is 256 g/mol. The number of nitrogens with zero attached hydrogens (tertiary/aromatic N) is 1. The van der Waals surface area contributed by atoms with E-state index in [1.165, 1.54) is 0 Å². The van der Waals surface area contributed by atoms with Crippen LogP contribution in [0.25, 0.3) is 0 Å². The summed E-state index contributed by atoms with van der Waals surface area (Å²) in [6.07, 6.45) is 1.71. The zero-order valence-electron chi connectivity index (χ0n) is 11.8. The molecule has 3 N–H and O–H groups in total. The van der Waals surface area contributed by atoms with Gasteiger partial charge in [-0.25, -0.2) is 0 Å². The van der Waals surface area contributed by atoms with E-state index in [0.717, 1.165) is 19.4 Å². The smallest absolute Gasteiger partial charge is 0.254 e. The van der Waals surface area contributed by atoms with E-state index in [1.54, 1.807) is 18.2 Å². The SMILES string of the molecule is CCOc1cc(N)cc(C(=O)N2CCC(CCO)C2)c1. The number of aliphatic hydroxyl groups excluding tert-OH is 1. The van der Waals surface area contributed by atoms with E-state index < -0.39 is 0 Å². The Morgan fingerprint density at radius 2 is 2.30 bits per heavy atom. The summed E-state index contributed by atoms with van der Waals surface area (Å²) in [6.45, 7) is 4.06. The molecule has 1 fully saturated rings. The van der Waals surface area contributed by atoms with Crippen molar-refractivity contribution in [1.82, 2.24) is 4.90 Å². The molecule has 110 valence electrons. The summed E-state index contributed by atoms with van der Waals surface area (Å²) in [5, 5.41) is 8.96. The zero-order valence-corrected chi connectivity index (χ0v) is 11.8. The Morgan fingerprint density at radius 3 is 3.00 bits per heavy atom. The average molecular weight is 278 g/mol. The van der Waals surface area contributed by atoms with E-state index >= 15 is 0 Å². The predicted molar refractivity (Wildman–Crippen MR) is 77.7 cm³/mol. The molecule has 20 heavy (non-hydrogen) atoms. The van der Waals surface area contributed by atoms with Gasteiger partial charge in [-0.05, 0) is 37.8 Å². The molecule has 1 unspecified atom stereocenters. The fraction of sp³-hybridized carbons (Fsp3) is 0.533. The molecule has 1 aliphatic heterocycles. The number of carbonyl (C=O) groups excluding carboxylic acids is 1. The monoisotopic (exact) mass is 278 g/mol. The number of hydrogen-bond acceptors (Lipinski definition) is 4. The minimum absolute atomic E-state index is 0.0151. The quantitative estimate of drug-likeness (QED) is 0.801. The number of anilines is 1. The highest BCUT2D eigenvalue weighted by Crippen LogP contribution is 2.24. The maximum absolute atomic E-state index is 12.5. The van der Waals surface area contributed by atoms with Crippen LogP contribution < -0.4 is 10.5 Å². The molecule has 0 saturated carbocycles. The maximum atomic E-state index is 12.5.